The van der Waals surface area contributed by atoms with E-state index in [4.69, 9.17) is 4.74 Å². The summed E-state index contributed by atoms with van der Waals surface area (Å²) in [5.41, 5.74) is 2.88. The van der Waals surface area contributed by atoms with Gasteiger partial charge in [0.25, 0.3) is 0 Å². The Hall–Kier alpha value is -1.06. The third-order valence-corrected chi connectivity index (χ3v) is 4.67. The second kappa shape index (κ2) is 6.59. The third kappa shape index (κ3) is 2.99. The molecule has 3 nitrogen and oxygen atoms in total. The van der Waals surface area contributed by atoms with Gasteiger partial charge in [-0.25, -0.2) is 0 Å². The van der Waals surface area contributed by atoms with Crippen molar-refractivity contribution in [3.8, 4) is 0 Å². The largest absolute Gasteiger partial charge is 0.378 e. The van der Waals surface area contributed by atoms with Crippen LogP contribution in [0.25, 0.3) is 0 Å². The first-order valence-corrected chi connectivity index (χ1v) is 8.01. The number of para-hydroxylation sites is 1. The summed E-state index contributed by atoms with van der Waals surface area (Å²) in [6.07, 6.45) is 6.70. The van der Waals surface area contributed by atoms with Crippen molar-refractivity contribution in [1.82, 2.24) is 5.32 Å². The Kier molecular flexibility index (Phi) is 4.58. The second-order valence-corrected chi connectivity index (χ2v) is 5.95. The number of benzene rings is 1. The smallest absolute Gasteiger partial charge is 0.0576 e. The molecule has 0 amide bonds. The molecule has 2 atom stereocenters. The zero-order valence-electron chi connectivity index (χ0n) is 12.5. The summed E-state index contributed by atoms with van der Waals surface area (Å²) in [5, 5.41) is 3.43. The molecule has 1 N–H and O–H groups in total. The van der Waals surface area contributed by atoms with Crippen LogP contribution in [0, 0.1) is 0 Å². The lowest BCUT2D eigenvalue weighted by Gasteiger charge is -2.36. The summed E-state index contributed by atoms with van der Waals surface area (Å²) in [5.74, 6) is 0. The van der Waals surface area contributed by atoms with E-state index in [1.54, 1.807) is 0 Å². The summed E-state index contributed by atoms with van der Waals surface area (Å²) in [6.45, 7) is 3.29. The highest BCUT2D eigenvalue weighted by molar-refractivity contribution is 5.56. The average Bonchev–Trinajstić information content (AvgIpc) is 3.01. The molecule has 2 aliphatic rings. The van der Waals surface area contributed by atoms with Gasteiger partial charge < -0.3 is 15.0 Å². The quantitative estimate of drug-likeness (QED) is 0.893. The van der Waals surface area contributed by atoms with Gasteiger partial charge in [0, 0.05) is 31.4 Å². The predicted octanol–water partition coefficient (Wildman–Crippen LogP) is 3.12. The topological polar surface area (TPSA) is 24.5 Å². The standard InChI is InChI=1S/C17H26N2O/c1-18-16-10-12-19(17-9-3-2-8-15(16)17)11-4-6-14-7-5-13-20-14/h2-3,8-9,14,16,18H,4-7,10-13H2,1H3. The number of anilines is 1. The van der Waals surface area contributed by atoms with E-state index in [9.17, 15) is 0 Å². The molecule has 2 heterocycles. The minimum atomic E-state index is 0.514. The van der Waals surface area contributed by atoms with Gasteiger partial charge in [0.2, 0.25) is 0 Å². The minimum Gasteiger partial charge on any atom is -0.378 e. The van der Waals surface area contributed by atoms with Crippen molar-refractivity contribution in [3.63, 3.8) is 0 Å². The second-order valence-electron chi connectivity index (χ2n) is 5.95. The van der Waals surface area contributed by atoms with Gasteiger partial charge in [0.1, 0.15) is 0 Å². The molecule has 1 saturated heterocycles. The van der Waals surface area contributed by atoms with Crippen molar-refractivity contribution in [2.24, 2.45) is 0 Å². The maximum absolute atomic E-state index is 5.72. The van der Waals surface area contributed by atoms with Gasteiger partial charge in [0.05, 0.1) is 6.10 Å². The first-order chi connectivity index (χ1) is 9.88. The monoisotopic (exact) mass is 274 g/mol. The number of nitrogens with zero attached hydrogens (tertiary/aromatic N) is 1. The fourth-order valence-corrected chi connectivity index (χ4v) is 3.54. The van der Waals surface area contributed by atoms with Crippen molar-refractivity contribution < 1.29 is 4.74 Å². The number of nitrogens with one attached hydrogen (secondary N) is 1. The molecule has 0 aromatic heterocycles. The molecule has 1 aromatic carbocycles. The molecule has 0 radical (unpaired) electrons. The Bertz CT molecular complexity index is 429. The summed E-state index contributed by atoms with van der Waals surface area (Å²) >= 11 is 0. The lowest BCUT2D eigenvalue weighted by Crippen LogP contribution is -2.35. The number of ether oxygens (including phenoxy) is 1. The van der Waals surface area contributed by atoms with Gasteiger partial charge in [-0.2, -0.15) is 0 Å². The van der Waals surface area contributed by atoms with Gasteiger partial charge in [-0.05, 0) is 50.8 Å². The van der Waals surface area contributed by atoms with Crippen LogP contribution in [0.2, 0.25) is 0 Å². The number of hydrogen-bond donors (Lipinski definition) is 1. The molecule has 110 valence electrons. The van der Waals surface area contributed by atoms with Gasteiger partial charge in [-0.1, -0.05) is 18.2 Å². The molecule has 0 saturated carbocycles. The predicted molar refractivity (Wildman–Crippen MR) is 83.3 cm³/mol. The zero-order chi connectivity index (χ0) is 13.8. The molecule has 0 aliphatic carbocycles. The molecule has 3 heteroatoms. The summed E-state index contributed by atoms with van der Waals surface area (Å²) in [7, 11) is 2.06. The highest BCUT2D eigenvalue weighted by Gasteiger charge is 2.23. The van der Waals surface area contributed by atoms with Crippen LogP contribution in [-0.2, 0) is 4.74 Å². The Morgan fingerprint density at radius 1 is 1.30 bits per heavy atom. The highest BCUT2D eigenvalue weighted by atomic mass is 16.5. The Balaban J connectivity index is 1.59. The maximum atomic E-state index is 5.72. The van der Waals surface area contributed by atoms with E-state index in [0.29, 0.717) is 12.1 Å². The van der Waals surface area contributed by atoms with Crippen LogP contribution in [0.3, 0.4) is 0 Å². The summed E-state index contributed by atoms with van der Waals surface area (Å²) in [4.78, 5) is 2.55. The highest BCUT2D eigenvalue weighted by Crippen LogP contribution is 2.33. The lowest BCUT2D eigenvalue weighted by atomic mass is 9.96. The van der Waals surface area contributed by atoms with Crippen LogP contribution in [0.5, 0.6) is 0 Å². The molecule has 1 fully saturated rings. The van der Waals surface area contributed by atoms with E-state index >= 15 is 0 Å². The maximum Gasteiger partial charge on any atom is 0.0576 e. The van der Waals surface area contributed by atoms with Gasteiger partial charge in [0.15, 0.2) is 0 Å². The van der Waals surface area contributed by atoms with Crippen LogP contribution < -0.4 is 10.2 Å². The summed E-state index contributed by atoms with van der Waals surface area (Å²) < 4.78 is 5.72. The Morgan fingerprint density at radius 2 is 2.20 bits per heavy atom. The third-order valence-electron chi connectivity index (χ3n) is 4.67. The molecule has 0 spiro atoms. The lowest BCUT2D eigenvalue weighted by molar-refractivity contribution is 0.103. The van der Waals surface area contributed by atoms with Crippen molar-refractivity contribution in [2.75, 3.05) is 31.6 Å². The van der Waals surface area contributed by atoms with Crippen LogP contribution in [0.4, 0.5) is 5.69 Å². The SMILES string of the molecule is CNC1CCN(CCCC2CCCO2)c2ccccc21. The van der Waals surface area contributed by atoms with E-state index in [-0.39, 0.29) is 0 Å². The van der Waals surface area contributed by atoms with Crippen molar-refractivity contribution in [3.05, 3.63) is 29.8 Å². The average molecular weight is 274 g/mol. The number of rotatable bonds is 5. The molecule has 2 aliphatic heterocycles. The fraction of sp³-hybridized carbons (Fsp3) is 0.647. The van der Waals surface area contributed by atoms with E-state index in [1.165, 1.54) is 43.4 Å². The molecule has 1 aromatic rings. The number of hydrogen-bond acceptors (Lipinski definition) is 3. The van der Waals surface area contributed by atoms with Crippen LogP contribution in [0.15, 0.2) is 24.3 Å². The van der Waals surface area contributed by atoms with E-state index in [1.807, 2.05) is 0 Å². The number of fused-ring (bicyclic) bond motifs is 1. The van der Waals surface area contributed by atoms with Crippen LogP contribution in [0.1, 0.15) is 43.7 Å². The van der Waals surface area contributed by atoms with Crippen molar-refractivity contribution >= 4 is 5.69 Å². The fourth-order valence-electron chi connectivity index (χ4n) is 3.54. The van der Waals surface area contributed by atoms with E-state index < -0.39 is 0 Å². The first-order valence-electron chi connectivity index (χ1n) is 8.01. The van der Waals surface area contributed by atoms with Crippen LogP contribution in [-0.4, -0.2) is 32.8 Å². The zero-order valence-corrected chi connectivity index (χ0v) is 12.5. The molecule has 3 rings (SSSR count). The van der Waals surface area contributed by atoms with Gasteiger partial charge in [-0.15, -0.1) is 0 Å². The normalized spacial score (nSPS) is 25.8. The van der Waals surface area contributed by atoms with E-state index in [2.05, 4.69) is 41.5 Å². The molecular weight excluding hydrogens is 248 g/mol. The van der Waals surface area contributed by atoms with Crippen LogP contribution >= 0.6 is 0 Å². The Morgan fingerprint density at radius 3 is 3.00 bits per heavy atom. The molecule has 0 bridgehead atoms. The van der Waals surface area contributed by atoms with E-state index in [0.717, 1.165) is 19.7 Å². The van der Waals surface area contributed by atoms with Gasteiger partial charge in [-0.3, -0.25) is 0 Å². The molecule has 20 heavy (non-hydrogen) atoms. The summed E-state index contributed by atoms with van der Waals surface area (Å²) in [6, 6.07) is 9.36. The Labute approximate surface area is 122 Å². The molecular formula is C17H26N2O. The van der Waals surface area contributed by atoms with Gasteiger partial charge >= 0.3 is 0 Å². The molecule has 2 unspecified atom stereocenters. The van der Waals surface area contributed by atoms with Crippen molar-refractivity contribution in [1.29, 1.82) is 0 Å². The van der Waals surface area contributed by atoms with Crippen molar-refractivity contribution in [2.45, 2.75) is 44.2 Å². The first kappa shape index (κ1) is 13.9. The minimum absolute atomic E-state index is 0.514.